The van der Waals surface area contributed by atoms with Gasteiger partial charge < -0.3 is 0 Å². The number of benzene rings is 1. The van der Waals surface area contributed by atoms with E-state index in [2.05, 4.69) is 0 Å². The summed E-state index contributed by atoms with van der Waals surface area (Å²) in [6.07, 6.45) is 0. The minimum atomic E-state index is -3.51. The van der Waals surface area contributed by atoms with Crippen LogP contribution in [-0.2, 0) is 14.8 Å². The second kappa shape index (κ2) is 5.83. The van der Waals surface area contributed by atoms with E-state index in [0.717, 1.165) is 9.87 Å². The van der Waals surface area contributed by atoms with Gasteiger partial charge in [-0.25, -0.2) is 14.3 Å². The smallest absolute Gasteiger partial charge is 0.254 e. The van der Waals surface area contributed by atoms with Gasteiger partial charge in [-0.3, -0.25) is 14.5 Å². The molecule has 100 valence electrons. The Labute approximate surface area is 107 Å². The average Bonchev–Trinajstić information content (AvgIpc) is 2.36. The van der Waals surface area contributed by atoms with Crippen molar-refractivity contribution in [2.45, 2.75) is 13.8 Å². The maximum atomic E-state index is 11.9. The number of hydrogen-bond donors (Lipinski definition) is 2. The Balaban J connectivity index is 3.12. The number of nitrogens with two attached hydrogens (primary N) is 1. The van der Waals surface area contributed by atoms with E-state index in [1.807, 2.05) is 12.3 Å². The summed E-state index contributed by atoms with van der Waals surface area (Å²) in [5.41, 5.74) is 3.39. The average molecular weight is 271 g/mol. The predicted octanol–water partition coefficient (Wildman–Crippen LogP) is 0.141. The van der Waals surface area contributed by atoms with Gasteiger partial charge in [0.15, 0.2) is 0 Å². The normalized spacial score (nSPS) is 11.1. The third-order valence-electron chi connectivity index (χ3n) is 2.47. The van der Waals surface area contributed by atoms with Crippen molar-refractivity contribution >= 4 is 21.6 Å². The lowest BCUT2D eigenvalue weighted by molar-refractivity contribution is -0.119. The van der Waals surface area contributed by atoms with Crippen molar-refractivity contribution in [3.8, 4) is 0 Å². The molecule has 18 heavy (non-hydrogen) atoms. The molecule has 1 aromatic carbocycles. The monoisotopic (exact) mass is 271 g/mol. The Hall–Kier alpha value is -1.60. The Morgan fingerprint density at radius 2 is 1.89 bits per heavy atom. The van der Waals surface area contributed by atoms with Crippen LogP contribution < -0.4 is 15.6 Å². The molecule has 0 unspecified atom stereocenters. The highest BCUT2D eigenvalue weighted by molar-refractivity contribution is 7.92. The molecule has 0 bridgehead atoms. The standard InChI is InChI=1S/C11H17N3O3S/c1-3-18(16,17)14(8-11(15)13-12)10-6-4-9(2)5-7-10/h4-7H,3,8,12H2,1-2H3,(H,13,15). The van der Waals surface area contributed by atoms with Gasteiger partial charge in [-0.15, -0.1) is 0 Å². The third-order valence-corrected chi connectivity index (χ3v) is 4.21. The van der Waals surface area contributed by atoms with Gasteiger partial charge in [0.2, 0.25) is 10.0 Å². The molecule has 0 spiro atoms. The van der Waals surface area contributed by atoms with E-state index < -0.39 is 15.9 Å². The van der Waals surface area contributed by atoms with E-state index in [1.165, 1.54) is 6.92 Å². The second-order valence-electron chi connectivity index (χ2n) is 3.81. The molecule has 0 saturated heterocycles. The number of hydrazine groups is 1. The minimum absolute atomic E-state index is 0.0846. The zero-order valence-electron chi connectivity index (χ0n) is 10.4. The number of anilines is 1. The first-order valence-corrected chi connectivity index (χ1v) is 7.08. The highest BCUT2D eigenvalue weighted by atomic mass is 32.2. The van der Waals surface area contributed by atoms with E-state index in [1.54, 1.807) is 24.3 Å². The first-order chi connectivity index (χ1) is 8.40. The van der Waals surface area contributed by atoms with Gasteiger partial charge in [0.1, 0.15) is 6.54 Å². The number of aryl methyl sites for hydroxylation is 1. The molecule has 0 aromatic heterocycles. The van der Waals surface area contributed by atoms with Crippen LogP contribution in [0.4, 0.5) is 5.69 Å². The van der Waals surface area contributed by atoms with Gasteiger partial charge in [0.05, 0.1) is 11.4 Å². The zero-order chi connectivity index (χ0) is 13.8. The Bertz CT molecular complexity index is 511. The van der Waals surface area contributed by atoms with Crippen molar-refractivity contribution in [3.63, 3.8) is 0 Å². The molecule has 0 aliphatic rings. The van der Waals surface area contributed by atoms with Crippen molar-refractivity contribution in [2.24, 2.45) is 5.84 Å². The first kappa shape index (κ1) is 14.5. The molecular weight excluding hydrogens is 254 g/mol. The molecule has 1 rings (SSSR count). The number of sulfonamides is 1. The van der Waals surface area contributed by atoms with E-state index in [4.69, 9.17) is 5.84 Å². The summed E-state index contributed by atoms with van der Waals surface area (Å²) in [5.74, 6) is 4.34. The van der Waals surface area contributed by atoms with Crippen LogP contribution in [0.5, 0.6) is 0 Å². The quantitative estimate of drug-likeness (QED) is 0.452. The summed E-state index contributed by atoms with van der Waals surface area (Å²) < 4.78 is 24.9. The fourth-order valence-corrected chi connectivity index (χ4v) is 2.46. The minimum Gasteiger partial charge on any atom is -0.293 e. The Morgan fingerprint density at radius 1 is 1.33 bits per heavy atom. The zero-order valence-corrected chi connectivity index (χ0v) is 11.2. The number of hydrogen-bond acceptors (Lipinski definition) is 4. The number of rotatable bonds is 5. The molecule has 0 aliphatic heterocycles. The van der Waals surface area contributed by atoms with E-state index >= 15 is 0 Å². The number of nitrogens with zero attached hydrogens (tertiary/aromatic N) is 1. The molecule has 1 aromatic rings. The van der Waals surface area contributed by atoms with Crippen molar-refractivity contribution in [2.75, 3.05) is 16.6 Å². The van der Waals surface area contributed by atoms with Crippen LogP contribution in [0.3, 0.4) is 0 Å². The van der Waals surface area contributed by atoms with Gasteiger partial charge in [0.25, 0.3) is 5.91 Å². The molecular formula is C11H17N3O3S. The molecule has 0 saturated carbocycles. The fraction of sp³-hybridized carbons (Fsp3) is 0.364. The number of nitrogens with one attached hydrogen (secondary N) is 1. The van der Waals surface area contributed by atoms with Crippen molar-refractivity contribution in [3.05, 3.63) is 29.8 Å². The van der Waals surface area contributed by atoms with Crippen LogP contribution in [0.15, 0.2) is 24.3 Å². The Kier molecular flexibility index (Phi) is 4.69. The molecule has 0 fully saturated rings. The first-order valence-electron chi connectivity index (χ1n) is 5.47. The molecule has 0 aliphatic carbocycles. The summed E-state index contributed by atoms with van der Waals surface area (Å²) in [5, 5.41) is 0. The summed E-state index contributed by atoms with van der Waals surface area (Å²) in [6, 6.07) is 6.89. The van der Waals surface area contributed by atoms with Gasteiger partial charge >= 0.3 is 0 Å². The lowest BCUT2D eigenvalue weighted by Gasteiger charge is -2.22. The number of carbonyl (C=O) groups is 1. The van der Waals surface area contributed by atoms with Gasteiger partial charge in [-0.05, 0) is 26.0 Å². The largest absolute Gasteiger partial charge is 0.293 e. The summed E-state index contributed by atoms with van der Waals surface area (Å²) >= 11 is 0. The molecule has 0 heterocycles. The number of carbonyl (C=O) groups excluding carboxylic acids is 1. The predicted molar refractivity (Wildman–Crippen MR) is 70.3 cm³/mol. The highest BCUT2D eigenvalue weighted by Crippen LogP contribution is 2.18. The summed E-state index contributed by atoms with van der Waals surface area (Å²) in [6.45, 7) is 3.10. The Morgan fingerprint density at radius 3 is 2.33 bits per heavy atom. The molecule has 3 N–H and O–H groups in total. The van der Waals surface area contributed by atoms with Gasteiger partial charge in [-0.1, -0.05) is 17.7 Å². The number of amides is 1. The van der Waals surface area contributed by atoms with E-state index in [0.29, 0.717) is 5.69 Å². The topological polar surface area (TPSA) is 92.5 Å². The lowest BCUT2D eigenvalue weighted by Crippen LogP contribution is -2.43. The fourth-order valence-electron chi connectivity index (χ4n) is 1.39. The van der Waals surface area contributed by atoms with E-state index in [9.17, 15) is 13.2 Å². The lowest BCUT2D eigenvalue weighted by atomic mass is 10.2. The van der Waals surface area contributed by atoms with Crippen LogP contribution in [0, 0.1) is 6.92 Å². The van der Waals surface area contributed by atoms with Crippen LogP contribution in [0.2, 0.25) is 0 Å². The molecule has 6 nitrogen and oxygen atoms in total. The van der Waals surface area contributed by atoms with Crippen molar-refractivity contribution < 1.29 is 13.2 Å². The van der Waals surface area contributed by atoms with Crippen LogP contribution >= 0.6 is 0 Å². The second-order valence-corrected chi connectivity index (χ2v) is 5.99. The van der Waals surface area contributed by atoms with E-state index in [-0.39, 0.29) is 12.3 Å². The van der Waals surface area contributed by atoms with Crippen LogP contribution in [-0.4, -0.2) is 26.6 Å². The van der Waals surface area contributed by atoms with Crippen LogP contribution in [0.25, 0.3) is 0 Å². The maximum absolute atomic E-state index is 11.9. The highest BCUT2D eigenvalue weighted by Gasteiger charge is 2.22. The molecule has 1 amide bonds. The van der Waals surface area contributed by atoms with Gasteiger partial charge in [-0.2, -0.15) is 0 Å². The summed E-state index contributed by atoms with van der Waals surface area (Å²) in [7, 11) is -3.51. The van der Waals surface area contributed by atoms with Crippen molar-refractivity contribution in [1.82, 2.24) is 5.43 Å². The molecule has 0 radical (unpaired) electrons. The maximum Gasteiger partial charge on any atom is 0.254 e. The molecule has 7 heteroatoms. The van der Waals surface area contributed by atoms with Crippen LogP contribution in [0.1, 0.15) is 12.5 Å². The van der Waals surface area contributed by atoms with Crippen molar-refractivity contribution in [1.29, 1.82) is 0 Å². The third kappa shape index (κ3) is 3.44. The molecule has 0 atom stereocenters. The van der Waals surface area contributed by atoms with Gasteiger partial charge in [0, 0.05) is 0 Å². The SMILES string of the molecule is CCS(=O)(=O)N(CC(=O)NN)c1ccc(C)cc1. The summed E-state index contributed by atoms with van der Waals surface area (Å²) in [4.78, 5) is 11.3.